The largest absolute Gasteiger partial charge is 0.384 e. The van der Waals surface area contributed by atoms with Gasteiger partial charge in [-0.05, 0) is 36.8 Å². The Balaban J connectivity index is 2.41. The molecule has 200 valence electrons. The monoisotopic (exact) mass is 552 g/mol. The fraction of sp³-hybridized carbons (Fsp3) is 0.364. The van der Waals surface area contributed by atoms with E-state index in [0.29, 0.717) is 16.6 Å². The van der Waals surface area contributed by atoms with Gasteiger partial charge >= 0.3 is 29.6 Å². The number of nitrogens with one attached hydrogen (secondary N) is 2. The summed E-state index contributed by atoms with van der Waals surface area (Å²) in [6.45, 7) is 4.36. The number of hydrogen-bond acceptors (Lipinski definition) is 3. The van der Waals surface area contributed by atoms with Crippen molar-refractivity contribution in [1.29, 1.82) is 0 Å². The van der Waals surface area contributed by atoms with E-state index in [0.717, 1.165) is 23.8 Å². The number of halogens is 11. The van der Waals surface area contributed by atoms with Crippen LogP contribution in [0.4, 0.5) is 59.7 Å². The molecule has 0 bridgehead atoms. The van der Waals surface area contributed by atoms with E-state index in [-0.39, 0.29) is 5.82 Å². The lowest BCUT2D eigenvalue weighted by molar-refractivity contribution is -0.405. The summed E-state index contributed by atoms with van der Waals surface area (Å²) in [5.74, 6) is -34.1. The Kier molecular flexibility index (Phi) is 7.95. The van der Waals surface area contributed by atoms with Gasteiger partial charge < -0.3 is 10.6 Å². The number of alkyl halides is 11. The van der Waals surface area contributed by atoms with E-state index < -0.39 is 54.0 Å². The van der Waals surface area contributed by atoms with Gasteiger partial charge in [0.15, 0.2) is 6.17 Å². The molecular weight excluding hydrogens is 533 g/mol. The molecule has 2 aromatic rings. The fourth-order valence-electron chi connectivity index (χ4n) is 3.07. The Morgan fingerprint density at radius 1 is 0.833 bits per heavy atom. The molecule has 0 saturated carbocycles. The van der Waals surface area contributed by atoms with Crippen LogP contribution in [-0.4, -0.2) is 29.6 Å². The third-order valence-corrected chi connectivity index (χ3v) is 5.21. The number of thiol groups is 1. The van der Waals surface area contributed by atoms with Crippen LogP contribution in [-0.2, 0) is 0 Å². The highest BCUT2D eigenvalue weighted by Gasteiger charge is 2.86. The first-order chi connectivity index (χ1) is 16.2. The highest BCUT2D eigenvalue weighted by molar-refractivity contribution is 7.80. The molecule has 36 heavy (non-hydrogen) atoms. The molecule has 1 atom stereocenters. The van der Waals surface area contributed by atoms with Crippen molar-refractivity contribution >= 4 is 24.0 Å². The normalized spacial score (nSPS) is 14.4. The number of anilines is 2. The Morgan fingerprint density at radius 2 is 1.39 bits per heavy atom. The van der Waals surface area contributed by atoms with Crippen LogP contribution in [0.5, 0.6) is 0 Å². The van der Waals surface area contributed by atoms with E-state index in [9.17, 15) is 48.3 Å². The van der Waals surface area contributed by atoms with Crippen LogP contribution in [0.1, 0.15) is 24.2 Å². The number of para-hydroxylation sites is 1. The smallest absolute Gasteiger partial charge is 0.342 e. The molecule has 2 N–H and O–H groups in total. The highest BCUT2D eigenvalue weighted by Crippen LogP contribution is 2.60. The van der Waals surface area contributed by atoms with Crippen LogP contribution in [0.15, 0.2) is 59.8 Å². The fourth-order valence-corrected chi connectivity index (χ4v) is 3.41. The molecule has 0 aliphatic carbocycles. The van der Waals surface area contributed by atoms with Crippen molar-refractivity contribution in [3.8, 4) is 0 Å². The molecule has 0 saturated heterocycles. The molecule has 0 aromatic heterocycles. The Hall–Kier alpha value is -2.64. The van der Waals surface area contributed by atoms with E-state index in [2.05, 4.69) is 29.8 Å². The van der Waals surface area contributed by atoms with Gasteiger partial charge in [0, 0.05) is 28.8 Å². The van der Waals surface area contributed by atoms with E-state index in [4.69, 9.17) is 0 Å². The zero-order chi connectivity index (χ0) is 27.9. The van der Waals surface area contributed by atoms with Crippen LogP contribution >= 0.6 is 12.6 Å². The average molecular weight is 552 g/mol. The van der Waals surface area contributed by atoms with Gasteiger partial charge in [-0.25, -0.2) is 4.39 Å². The topological polar surface area (TPSA) is 24.1 Å². The third-order valence-electron chi connectivity index (χ3n) is 4.95. The van der Waals surface area contributed by atoms with Crippen molar-refractivity contribution < 1.29 is 48.3 Å². The molecule has 2 nitrogen and oxygen atoms in total. The second-order valence-electron chi connectivity index (χ2n) is 7.97. The summed E-state index contributed by atoms with van der Waals surface area (Å²) in [5.41, 5.74) is -0.926. The van der Waals surface area contributed by atoms with Gasteiger partial charge in [0.25, 0.3) is 0 Å². The molecular formula is C22H19F11N2S. The van der Waals surface area contributed by atoms with E-state index in [1.165, 1.54) is 6.07 Å². The van der Waals surface area contributed by atoms with Gasteiger partial charge in [-0.1, -0.05) is 24.8 Å². The Morgan fingerprint density at radius 3 is 1.92 bits per heavy atom. The van der Waals surface area contributed by atoms with Crippen molar-refractivity contribution in [2.45, 2.75) is 54.5 Å². The van der Waals surface area contributed by atoms with E-state index >= 15 is 0 Å². The van der Waals surface area contributed by atoms with Gasteiger partial charge in [0.05, 0.1) is 0 Å². The minimum absolute atomic E-state index is 0.217. The molecule has 0 heterocycles. The van der Waals surface area contributed by atoms with Crippen molar-refractivity contribution in [2.75, 3.05) is 10.6 Å². The summed E-state index contributed by atoms with van der Waals surface area (Å²) < 4.78 is 152. The van der Waals surface area contributed by atoms with Gasteiger partial charge in [0.1, 0.15) is 5.82 Å². The molecule has 0 amide bonds. The SMILES string of the molecule is C=C(Nc1cc(C)cc(S)c1)Nc1ccccc1C(F)C(F)(F)C(F)(F)C(F)(F)C(F)(F)C(C)(F)F. The van der Waals surface area contributed by atoms with E-state index in [1.807, 2.05) is 0 Å². The van der Waals surface area contributed by atoms with Crippen molar-refractivity contribution in [3.63, 3.8) is 0 Å². The quantitative estimate of drug-likeness (QED) is 0.203. The Labute approximate surface area is 204 Å². The second kappa shape index (κ2) is 9.67. The summed E-state index contributed by atoms with van der Waals surface area (Å²) in [4.78, 5) is 0.506. The van der Waals surface area contributed by atoms with Gasteiger partial charge in [-0.2, -0.15) is 43.9 Å². The standard InChI is InChI=1S/C22H19F11N2S/c1-11-8-13(10-14(36)9-11)34-12(2)35-16-7-5-4-6-15(16)17(23)19(26,27)21(30,31)22(32,33)20(28,29)18(3,24)25/h4-10,17,34-36H,2H2,1,3H3. The molecule has 1 unspecified atom stereocenters. The number of hydrogen-bond donors (Lipinski definition) is 3. The lowest BCUT2D eigenvalue weighted by Crippen LogP contribution is -2.67. The second-order valence-corrected chi connectivity index (χ2v) is 8.49. The van der Waals surface area contributed by atoms with Crippen molar-refractivity contribution in [1.82, 2.24) is 0 Å². The first kappa shape index (κ1) is 29.6. The first-order valence-electron chi connectivity index (χ1n) is 9.82. The van der Waals surface area contributed by atoms with Crippen LogP contribution < -0.4 is 10.6 Å². The molecule has 2 rings (SSSR count). The first-order valence-corrected chi connectivity index (χ1v) is 10.3. The van der Waals surface area contributed by atoms with Crippen LogP contribution in [0.2, 0.25) is 0 Å². The number of benzene rings is 2. The molecule has 0 fully saturated rings. The lowest BCUT2D eigenvalue weighted by Gasteiger charge is -2.39. The van der Waals surface area contributed by atoms with Crippen molar-refractivity contribution in [3.05, 3.63) is 66.0 Å². The molecule has 0 aliphatic rings. The number of rotatable bonds is 10. The maximum Gasteiger partial charge on any atom is 0.384 e. The highest BCUT2D eigenvalue weighted by atomic mass is 32.1. The predicted octanol–water partition coefficient (Wildman–Crippen LogP) is 8.49. The summed E-state index contributed by atoms with van der Waals surface area (Å²) in [7, 11) is 0. The molecule has 14 heteroatoms. The summed E-state index contributed by atoms with van der Waals surface area (Å²) in [6.07, 6.45) is -4.33. The maximum absolute atomic E-state index is 14.8. The van der Waals surface area contributed by atoms with Gasteiger partial charge in [-0.15, -0.1) is 12.6 Å². The summed E-state index contributed by atoms with van der Waals surface area (Å²) >= 11 is 4.15. The zero-order valence-corrected chi connectivity index (χ0v) is 19.3. The van der Waals surface area contributed by atoms with Crippen LogP contribution in [0.3, 0.4) is 0 Å². The van der Waals surface area contributed by atoms with Crippen LogP contribution in [0, 0.1) is 6.92 Å². The molecule has 2 aromatic carbocycles. The Bertz CT molecular complexity index is 1090. The number of aryl methyl sites for hydroxylation is 1. The van der Waals surface area contributed by atoms with E-state index in [1.54, 1.807) is 19.1 Å². The minimum atomic E-state index is -7.34. The van der Waals surface area contributed by atoms with Gasteiger partial charge in [-0.3, -0.25) is 0 Å². The van der Waals surface area contributed by atoms with Gasteiger partial charge in [0.2, 0.25) is 0 Å². The molecule has 0 aliphatic heterocycles. The van der Waals surface area contributed by atoms with Crippen LogP contribution in [0.25, 0.3) is 0 Å². The molecule has 0 radical (unpaired) electrons. The summed E-state index contributed by atoms with van der Waals surface area (Å²) in [5, 5.41) is 4.94. The lowest BCUT2D eigenvalue weighted by atomic mass is 9.90. The summed E-state index contributed by atoms with van der Waals surface area (Å²) in [6, 6.07) is 8.16. The zero-order valence-electron chi connectivity index (χ0n) is 18.4. The molecule has 0 spiro atoms. The van der Waals surface area contributed by atoms with Crippen molar-refractivity contribution in [2.24, 2.45) is 0 Å². The predicted molar refractivity (Wildman–Crippen MR) is 116 cm³/mol. The third kappa shape index (κ3) is 5.23. The minimum Gasteiger partial charge on any atom is -0.342 e. The maximum atomic E-state index is 14.8. The average Bonchev–Trinajstić information content (AvgIpc) is 2.71.